The van der Waals surface area contributed by atoms with E-state index in [9.17, 15) is 13.2 Å². The number of nitrogen functional groups attached to an aromatic ring is 1. The molecule has 0 aliphatic heterocycles. The third-order valence-corrected chi connectivity index (χ3v) is 5.00. The average molecular weight is 500 g/mol. The van der Waals surface area contributed by atoms with Gasteiger partial charge in [-0.2, -0.15) is 13.2 Å². The first-order valence-electron chi connectivity index (χ1n) is 10.8. The van der Waals surface area contributed by atoms with E-state index in [4.69, 9.17) is 19.9 Å². The molecule has 0 amide bonds. The molecule has 0 radical (unpaired) electrons. The monoisotopic (exact) mass is 500 g/mol. The van der Waals surface area contributed by atoms with Crippen molar-refractivity contribution < 1.29 is 27.4 Å². The summed E-state index contributed by atoms with van der Waals surface area (Å²) in [7, 11) is 1.51. The lowest BCUT2D eigenvalue weighted by Gasteiger charge is -2.15. The molecule has 9 nitrogen and oxygen atoms in total. The lowest BCUT2D eigenvalue weighted by atomic mass is 10.2. The number of nitrogens with zero attached hydrogens (tertiary/aromatic N) is 4. The largest absolute Gasteiger partial charge is 0.493 e. The van der Waals surface area contributed by atoms with Crippen LogP contribution < -0.4 is 25.3 Å². The molecule has 0 unspecified atom stereocenters. The molecular formula is C24H23F3N6O3. The number of aromatic nitrogens is 4. The van der Waals surface area contributed by atoms with Crippen molar-refractivity contribution in [2.45, 2.75) is 19.6 Å². The Balaban J connectivity index is 1.55. The highest BCUT2D eigenvalue weighted by atomic mass is 19.4. The molecule has 0 saturated carbocycles. The number of nitrogens with one attached hydrogen (secondary N) is 1. The van der Waals surface area contributed by atoms with E-state index in [2.05, 4.69) is 25.3 Å². The number of methoxy groups -OCH3 is 1. The number of rotatable bonds is 9. The number of ether oxygens (including phenoxy) is 3. The third-order valence-electron chi connectivity index (χ3n) is 5.00. The molecule has 36 heavy (non-hydrogen) atoms. The normalized spacial score (nSPS) is 11.4. The van der Waals surface area contributed by atoms with E-state index in [1.54, 1.807) is 43.6 Å². The van der Waals surface area contributed by atoms with Crippen LogP contribution in [0.2, 0.25) is 0 Å². The van der Waals surface area contributed by atoms with Crippen molar-refractivity contribution in [1.29, 1.82) is 0 Å². The van der Waals surface area contributed by atoms with Crippen LogP contribution in [0.1, 0.15) is 17.1 Å². The Bertz CT molecular complexity index is 1350. The quantitative estimate of drug-likeness (QED) is 0.322. The summed E-state index contributed by atoms with van der Waals surface area (Å²) < 4.78 is 56.4. The van der Waals surface area contributed by atoms with Gasteiger partial charge in [0.2, 0.25) is 0 Å². The predicted octanol–water partition coefficient (Wildman–Crippen LogP) is 4.41. The number of pyridine rings is 2. The Hall–Kier alpha value is -4.35. The number of hydrogen-bond acceptors (Lipinski definition) is 9. The first kappa shape index (κ1) is 24.8. The van der Waals surface area contributed by atoms with Gasteiger partial charge in [-0.05, 0) is 37.3 Å². The fourth-order valence-electron chi connectivity index (χ4n) is 3.44. The van der Waals surface area contributed by atoms with E-state index in [1.165, 1.54) is 7.11 Å². The molecule has 4 rings (SSSR count). The average Bonchev–Trinajstić information content (AvgIpc) is 2.84. The molecule has 0 bridgehead atoms. The summed E-state index contributed by atoms with van der Waals surface area (Å²) in [4.78, 5) is 16.8. The zero-order chi connectivity index (χ0) is 25.7. The van der Waals surface area contributed by atoms with E-state index in [1.807, 2.05) is 0 Å². The molecule has 0 spiro atoms. The van der Waals surface area contributed by atoms with Crippen molar-refractivity contribution in [2.24, 2.45) is 0 Å². The number of benzene rings is 1. The van der Waals surface area contributed by atoms with Crippen molar-refractivity contribution in [3.05, 3.63) is 65.9 Å². The number of hydrogen-bond donors (Lipinski definition) is 2. The molecule has 0 aliphatic carbocycles. The second-order valence-electron chi connectivity index (χ2n) is 7.65. The minimum absolute atomic E-state index is 0.0408. The summed E-state index contributed by atoms with van der Waals surface area (Å²) in [6, 6.07) is 8.69. The van der Waals surface area contributed by atoms with Crippen molar-refractivity contribution >= 4 is 22.5 Å². The molecule has 12 heteroatoms. The van der Waals surface area contributed by atoms with Gasteiger partial charge in [-0.15, -0.1) is 0 Å². The van der Waals surface area contributed by atoms with Gasteiger partial charge in [0.15, 0.2) is 11.5 Å². The molecule has 4 aromatic rings. The van der Waals surface area contributed by atoms with Gasteiger partial charge in [0.05, 0.1) is 36.6 Å². The van der Waals surface area contributed by atoms with Gasteiger partial charge >= 0.3 is 6.18 Å². The van der Waals surface area contributed by atoms with Gasteiger partial charge in [-0.3, -0.25) is 4.98 Å². The molecule has 188 valence electrons. The number of anilines is 2. The predicted molar refractivity (Wildman–Crippen MR) is 127 cm³/mol. The summed E-state index contributed by atoms with van der Waals surface area (Å²) in [5, 5.41) is 3.63. The second-order valence-corrected chi connectivity index (χ2v) is 7.65. The molecule has 0 atom stereocenters. The van der Waals surface area contributed by atoms with Crippen LogP contribution >= 0.6 is 0 Å². The van der Waals surface area contributed by atoms with Crippen LogP contribution in [0.25, 0.3) is 10.9 Å². The maximum atomic E-state index is 13.1. The number of fused-ring (bicyclic) bond motifs is 1. The van der Waals surface area contributed by atoms with Gasteiger partial charge in [-0.1, -0.05) is 0 Å². The zero-order valence-corrected chi connectivity index (χ0v) is 19.5. The Morgan fingerprint density at radius 3 is 2.53 bits per heavy atom. The first-order chi connectivity index (χ1) is 17.2. The van der Waals surface area contributed by atoms with Gasteiger partial charge < -0.3 is 25.3 Å². The minimum atomic E-state index is -4.53. The molecule has 0 fully saturated rings. The van der Waals surface area contributed by atoms with Gasteiger partial charge in [0.1, 0.15) is 36.4 Å². The van der Waals surface area contributed by atoms with Crippen LogP contribution in [-0.4, -0.2) is 40.3 Å². The fourth-order valence-corrected chi connectivity index (χ4v) is 3.44. The Kier molecular flexibility index (Phi) is 7.23. The number of aryl methyl sites for hydroxylation is 1. The fraction of sp³-hybridized carbons (Fsp3) is 0.250. The highest BCUT2D eigenvalue weighted by Crippen LogP contribution is 2.35. The van der Waals surface area contributed by atoms with Crippen molar-refractivity contribution in [3.63, 3.8) is 0 Å². The SMILES string of the molecule is COc1cc2nc(C)nc(NCc3cc(C(F)(F)F)cc(N)n3)c2cc1OCCOc1cccnc1. The summed E-state index contributed by atoms with van der Waals surface area (Å²) in [5.41, 5.74) is 5.39. The maximum Gasteiger partial charge on any atom is 0.416 e. The van der Waals surface area contributed by atoms with Crippen LogP contribution in [0.15, 0.2) is 48.8 Å². The topological polar surface area (TPSA) is 117 Å². The molecule has 1 aromatic carbocycles. The van der Waals surface area contributed by atoms with E-state index in [-0.39, 0.29) is 31.3 Å². The van der Waals surface area contributed by atoms with Gasteiger partial charge in [-0.25, -0.2) is 15.0 Å². The number of halogens is 3. The summed E-state index contributed by atoms with van der Waals surface area (Å²) in [5.74, 6) is 2.14. The summed E-state index contributed by atoms with van der Waals surface area (Å²) in [6.07, 6.45) is -1.29. The second kappa shape index (κ2) is 10.5. The zero-order valence-electron chi connectivity index (χ0n) is 19.5. The van der Waals surface area contributed by atoms with Crippen molar-refractivity contribution in [3.8, 4) is 17.2 Å². The van der Waals surface area contributed by atoms with E-state index in [0.29, 0.717) is 39.8 Å². The molecule has 3 heterocycles. The van der Waals surface area contributed by atoms with E-state index >= 15 is 0 Å². The van der Waals surface area contributed by atoms with E-state index < -0.39 is 11.7 Å². The lowest BCUT2D eigenvalue weighted by Crippen LogP contribution is -2.12. The number of nitrogens with two attached hydrogens (primary N) is 1. The molecule has 3 aromatic heterocycles. The van der Waals surface area contributed by atoms with Crippen molar-refractivity contribution in [2.75, 3.05) is 31.4 Å². The smallest absolute Gasteiger partial charge is 0.416 e. The molecule has 3 N–H and O–H groups in total. The van der Waals surface area contributed by atoms with Crippen LogP contribution in [0.4, 0.5) is 24.8 Å². The molecular weight excluding hydrogens is 477 g/mol. The Labute approximate surface area is 204 Å². The highest BCUT2D eigenvalue weighted by molar-refractivity contribution is 5.91. The lowest BCUT2D eigenvalue weighted by molar-refractivity contribution is -0.137. The van der Waals surface area contributed by atoms with Gasteiger partial charge in [0, 0.05) is 17.6 Å². The Morgan fingerprint density at radius 2 is 1.81 bits per heavy atom. The van der Waals surface area contributed by atoms with Crippen LogP contribution in [0.5, 0.6) is 17.2 Å². The van der Waals surface area contributed by atoms with Crippen LogP contribution in [-0.2, 0) is 12.7 Å². The third kappa shape index (κ3) is 6.01. The van der Waals surface area contributed by atoms with E-state index in [0.717, 1.165) is 12.1 Å². The standard InChI is InChI=1S/C24H23F3N6O3/c1-14-31-19-11-20(34-2)21(36-7-6-35-17-4-3-5-29-13-17)10-18(19)23(32-14)30-12-16-8-15(24(25,26)27)9-22(28)33-16/h3-5,8-11,13H,6-7,12H2,1-2H3,(H2,28,33)(H,30,31,32). The minimum Gasteiger partial charge on any atom is -0.493 e. The first-order valence-corrected chi connectivity index (χ1v) is 10.8. The van der Waals surface area contributed by atoms with Gasteiger partial charge in [0.25, 0.3) is 0 Å². The molecule has 0 aliphatic rings. The summed E-state index contributed by atoms with van der Waals surface area (Å²) in [6.45, 7) is 2.16. The van der Waals surface area contributed by atoms with Crippen LogP contribution in [0.3, 0.4) is 0 Å². The summed E-state index contributed by atoms with van der Waals surface area (Å²) >= 11 is 0. The van der Waals surface area contributed by atoms with Crippen LogP contribution in [0, 0.1) is 6.92 Å². The Morgan fingerprint density at radius 1 is 1.00 bits per heavy atom. The maximum absolute atomic E-state index is 13.1. The van der Waals surface area contributed by atoms with Crippen molar-refractivity contribution in [1.82, 2.24) is 19.9 Å². The number of alkyl halides is 3. The molecule has 0 saturated heterocycles. The highest BCUT2D eigenvalue weighted by Gasteiger charge is 2.31.